The monoisotopic (exact) mass is 268 g/mol. The van der Waals surface area contributed by atoms with Crippen molar-refractivity contribution < 1.29 is 19.2 Å². The molecule has 0 aliphatic heterocycles. The van der Waals surface area contributed by atoms with E-state index in [0.717, 1.165) is 6.29 Å². The summed E-state index contributed by atoms with van der Waals surface area (Å²) >= 11 is 0. The maximum Gasteiger partial charge on any atom is 0.202 e. The Morgan fingerprint density at radius 2 is 1.26 bits per heavy atom. The maximum absolute atomic E-state index is 12.1. The van der Waals surface area contributed by atoms with Crippen LogP contribution in [-0.2, 0) is 19.2 Å². The van der Waals surface area contributed by atoms with Gasteiger partial charge >= 0.3 is 0 Å². The third-order valence-corrected chi connectivity index (χ3v) is 4.08. The molecular formula is C15H24O4. The van der Waals surface area contributed by atoms with Crippen LogP contribution in [0.15, 0.2) is 0 Å². The molecule has 0 saturated heterocycles. The largest absolute Gasteiger partial charge is 0.303 e. The summed E-state index contributed by atoms with van der Waals surface area (Å²) in [6.07, 6.45) is 2.17. The van der Waals surface area contributed by atoms with Gasteiger partial charge in [-0.1, -0.05) is 41.0 Å². The minimum Gasteiger partial charge on any atom is -0.303 e. The van der Waals surface area contributed by atoms with E-state index in [0.29, 0.717) is 12.7 Å². The van der Waals surface area contributed by atoms with E-state index in [1.807, 2.05) is 6.92 Å². The lowest BCUT2D eigenvalue weighted by molar-refractivity contribution is -0.143. The fraction of sp³-hybridized carbons (Fsp3) is 0.733. The second-order valence-electron chi connectivity index (χ2n) is 5.37. The van der Waals surface area contributed by atoms with E-state index < -0.39 is 29.3 Å². The average molecular weight is 268 g/mol. The molecule has 0 bridgehead atoms. The van der Waals surface area contributed by atoms with Crippen molar-refractivity contribution in [3.05, 3.63) is 0 Å². The lowest BCUT2D eigenvalue weighted by atomic mass is 9.77. The summed E-state index contributed by atoms with van der Waals surface area (Å²) in [5, 5.41) is 0. The summed E-state index contributed by atoms with van der Waals surface area (Å²) in [7, 11) is 0. The van der Waals surface area contributed by atoms with Gasteiger partial charge in [-0.15, -0.1) is 0 Å². The smallest absolute Gasteiger partial charge is 0.202 e. The van der Waals surface area contributed by atoms with Gasteiger partial charge in [-0.25, -0.2) is 0 Å². The highest BCUT2D eigenvalue weighted by atomic mass is 16.2. The molecule has 0 radical (unpaired) electrons. The van der Waals surface area contributed by atoms with Gasteiger partial charge in [0, 0.05) is 23.7 Å². The highest BCUT2D eigenvalue weighted by molar-refractivity contribution is 6.38. The average Bonchev–Trinajstić information content (AvgIpc) is 2.43. The Labute approximate surface area is 114 Å². The van der Waals surface area contributed by atoms with Crippen molar-refractivity contribution in [2.24, 2.45) is 29.6 Å². The number of hydrogen-bond donors (Lipinski definition) is 0. The molecule has 0 aromatic heterocycles. The number of hydrogen-bond acceptors (Lipinski definition) is 4. The third-order valence-electron chi connectivity index (χ3n) is 4.08. The normalized spacial score (nSPS) is 18.8. The van der Waals surface area contributed by atoms with Crippen LogP contribution < -0.4 is 0 Å². The van der Waals surface area contributed by atoms with E-state index in [2.05, 4.69) is 0 Å². The molecule has 4 nitrogen and oxygen atoms in total. The van der Waals surface area contributed by atoms with E-state index in [9.17, 15) is 19.2 Å². The first-order chi connectivity index (χ1) is 8.81. The first kappa shape index (κ1) is 17.7. The Bertz CT molecular complexity index is 348. The molecular weight excluding hydrogens is 244 g/mol. The highest BCUT2D eigenvalue weighted by Crippen LogP contribution is 2.26. The van der Waals surface area contributed by atoms with Gasteiger partial charge in [-0.2, -0.15) is 0 Å². The predicted molar refractivity (Wildman–Crippen MR) is 72.6 cm³/mol. The van der Waals surface area contributed by atoms with Gasteiger partial charge in [0.05, 0.1) is 0 Å². The van der Waals surface area contributed by atoms with Crippen molar-refractivity contribution in [2.45, 2.75) is 41.0 Å². The van der Waals surface area contributed by atoms with Crippen LogP contribution in [0.3, 0.4) is 0 Å². The predicted octanol–water partition coefficient (Wildman–Crippen LogP) is 2.09. The first-order valence-electron chi connectivity index (χ1n) is 6.80. The van der Waals surface area contributed by atoms with Crippen LogP contribution in [0.2, 0.25) is 0 Å². The molecule has 0 spiro atoms. The van der Waals surface area contributed by atoms with Gasteiger partial charge in [-0.05, 0) is 5.92 Å². The SMILES string of the molecule is CCC(C(C)C=O)C(C)C(=O)C(=O)C(C)C(C)C=O. The summed E-state index contributed by atoms with van der Waals surface area (Å²) in [6, 6.07) is 0. The Morgan fingerprint density at radius 3 is 1.63 bits per heavy atom. The zero-order valence-electron chi connectivity index (χ0n) is 12.4. The summed E-state index contributed by atoms with van der Waals surface area (Å²) in [4.78, 5) is 45.7. The molecule has 0 aromatic carbocycles. The Balaban J connectivity index is 4.93. The van der Waals surface area contributed by atoms with Gasteiger partial charge in [-0.3, -0.25) is 9.59 Å². The van der Waals surface area contributed by atoms with E-state index in [1.165, 1.54) is 0 Å². The van der Waals surface area contributed by atoms with Crippen LogP contribution in [0.1, 0.15) is 41.0 Å². The molecule has 0 heterocycles. The quantitative estimate of drug-likeness (QED) is 0.474. The highest BCUT2D eigenvalue weighted by Gasteiger charge is 2.34. The van der Waals surface area contributed by atoms with E-state index >= 15 is 0 Å². The maximum atomic E-state index is 12.1. The van der Waals surface area contributed by atoms with Gasteiger partial charge in [0.25, 0.3) is 0 Å². The topological polar surface area (TPSA) is 68.3 Å². The molecule has 5 unspecified atom stereocenters. The first-order valence-corrected chi connectivity index (χ1v) is 6.80. The summed E-state index contributed by atoms with van der Waals surface area (Å²) in [5.74, 6) is -2.92. The molecule has 0 aliphatic rings. The minimum atomic E-state index is -0.600. The van der Waals surface area contributed by atoms with Gasteiger partial charge in [0.15, 0.2) is 0 Å². The van der Waals surface area contributed by atoms with E-state index in [1.54, 1.807) is 27.7 Å². The molecule has 19 heavy (non-hydrogen) atoms. The van der Waals surface area contributed by atoms with Crippen molar-refractivity contribution in [3.8, 4) is 0 Å². The second-order valence-corrected chi connectivity index (χ2v) is 5.37. The van der Waals surface area contributed by atoms with Crippen LogP contribution in [0.5, 0.6) is 0 Å². The summed E-state index contributed by atoms with van der Waals surface area (Å²) in [5.41, 5.74) is 0. The Morgan fingerprint density at radius 1 is 0.842 bits per heavy atom. The van der Waals surface area contributed by atoms with Gasteiger partial charge in [0.1, 0.15) is 12.6 Å². The van der Waals surface area contributed by atoms with Crippen molar-refractivity contribution >= 4 is 24.1 Å². The second kappa shape index (κ2) is 7.97. The molecule has 0 rings (SSSR count). The fourth-order valence-corrected chi connectivity index (χ4v) is 2.28. The van der Waals surface area contributed by atoms with Crippen molar-refractivity contribution in [2.75, 3.05) is 0 Å². The van der Waals surface area contributed by atoms with E-state index in [-0.39, 0.29) is 11.8 Å². The molecule has 0 aliphatic carbocycles. The lowest BCUT2D eigenvalue weighted by Crippen LogP contribution is -2.36. The third kappa shape index (κ3) is 4.37. The van der Waals surface area contributed by atoms with Crippen LogP contribution >= 0.6 is 0 Å². The Kier molecular flexibility index (Phi) is 7.42. The number of ketones is 2. The molecule has 0 saturated carbocycles. The number of carbonyl (C=O) groups excluding carboxylic acids is 4. The van der Waals surface area contributed by atoms with Gasteiger partial charge in [0.2, 0.25) is 11.6 Å². The molecule has 0 fully saturated rings. The molecule has 4 heteroatoms. The van der Waals surface area contributed by atoms with Crippen LogP contribution in [0, 0.1) is 29.6 Å². The van der Waals surface area contributed by atoms with Crippen molar-refractivity contribution in [3.63, 3.8) is 0 Å². The number of Topliss-reactive ketones (excluding diaryl/α,β-unsaturated/α-hetero) is 2. The van der Waals surface area contributed by atoms with E-state index in [4.69, 9.17) is 0 Å². The minimum absolute atomic E-state index is 0.132. The molecule has 108 valence electrons. The molecule has 0 aromatic rings. The fourth-order valence-electron chi connectivity index (χ4n) is 2.28. The van der Waals surface area contributed by atoms with Crippen LogP contribution in [0.4, 0.5) is 0 Å². The number of carbonyl (C=O) groups is 4. The van der Waals surface area contributed by atoms with Crippen LogP contribution in [-0.4, -0.2) is 24.1 Å². The Hall–Kier alpha value is -1.32. The zero-order chi connectivity index (χ0) is 15.2. The summed E-state index contributed by atoms with van der Waals surface area (Å²) in [6.45, 7) is 8.56. The lowest BCUT2D eigenvalue weighted by Gasteiger charge is -2.25. The van der Waals surface area contributed by atoms with Crippen molar-refractivity contribution in [1.82, 2.24) is 0 Å². The molecule has 0 amide bonds. The molecule has 0 N–H and O–H groups in total. The zero-order valence-corrected chi connectivity index (χ0v) is 12.4. The summed E-state index contributed by atoms with van der Waals surface area (Å²) < 4.78 is 0. The standard InChI is InChI=1S/C15H24O4/c1-6-13(10(3)8-17)12(5)15(19)14(18)11(4)9(2)7-16/h7-13H,6H2,1-5H3. The molecule has 5 atom stereocenters. The van der Waals surface area contributed by atoms with Gasteiger partial charge < -0.3 is 9.59 Å². The van der Waals surface area contributed by atoms with Crippen molar-refractivity contribution in [1.29, 1.82) is 0 Å². The number of aldehydes is 2. The number of rotatable bonds is 9. The van der Waals surface area contributed by atoms with Crippen LogP contribution in [0.25, 0.3) is 0 Å².